The molecule has 0 spiro atoms. The Labute approximate surface area is 73.1 Å². The zero-order valence-corrected chi connectivity index (χ0v) is 7.95. The van der Waals surface area contributed by atoms with Crippen LogP contribution in [-0.2, 0) is 4.74 Å². The highest BCUT2D eigenvalue weighted by Gasteiger charge is 2.11. The van der Waals surface area contributed by atoms with E-state index in [1.54, 1.807) is 0 Å². The van der Waals surface area contributed by atoms with Crippen LogP contribution in [0.1, 0.15) is 13.3 Å². The zero-order valence-electron chi connectivity index (χ0n) is 7.14. The third kappa shape index (κ3) is 3.99. The average Bonchev–Trinajstić information content (AvgIpc) is 2.07. The molecule has 0 bridgehead atoms. The number of ether oxygens (including phenoxy) is 1. The molecule has 3 heteroatoms. The molecular formula is C8H17NOS. The van der Waals surface area contributed by atoms with E-state index in [4.69, 9.17) is 4.74 Å². The minimum absolute atomic E-state index is 0.597. The second-order valence-electron chi connectivity index (χ2n) is 2.80. The third-order valence-electron chi connectivity index (χ3n) is 1.67. The summed E-state index contributed by atoms with van der Waals surface area (Å²) in [5.41, 5.74) is 0. The predicted molar refractivity (Wildman–Crippen MR) is 50.2 cm³/mol. The van der Waals surface area contributed by atoms with Gasteiger partial charge in [-0.2, -0.15) is 11.8 Å². The van der Waals surface area contributed by atoms with Gasteiger partial charge >= 0.3 is 0 Å². The maximum absolute atomic E-state index is 5.34. The summed E-state index contributed by atoms with van der Waals surface area (Å²) in [7, 11) is 0. The lowest BCUT2D eigenvalue weighted by Crippen LogP contribution is -2.42. The average molecular weight is 175 g/mol. The van der Waals surface area contributed by atoms with Crippen LogP contribution in [0.2, 0.25) is 0 Å². The first-order valence-electron chi connectivity index (χ1n) is 4.32. The van der Waals surface area contributed by atoms with E-state index in [0.717, 1.165) is 19.8 Å². The number of thioether (sulfide) groups is 1. The molecule has 66 valence electrons. The van der Waals surface area contributed by atoms with Crippen LogP contribution in [0.5, 0.6) is 0 Å². The molecule has 0 aromatic rings. The number of morpholine rings is 1. The van der Waals surface area contributed by atoms with E-state index in [9.17, 15) is 0 Å². The highest BCUT2D eigenvalue weighted by atomic mass is 32.2. The molecule has 1 heterocycles. The summed E-state index contributed by atoms with van der Waals surface area (Å²) >= 11 is 2.02. The van der Waals surface area contributed by atoms with E-state index in [2.05, 4.69) is 12.2 Å². The molecule has 0 radical (unpaired) electrons. The molecule has 1 aliphatic rings. The Balaban J connectivity index is 1.96. The van der Waals surface area contributed by atoms with E-state index in [1.807, 2.05) is 11.8 Å². The quantitative estimate of drug-likeness (QED) is 0.647. The van der Waals surface area contributed by atoms with E-state index < -0.39 is 0 Å². The molecule has 1 aliphatic heterocycles. The standard InChI is InChI=1S/C8H17NOS/c1-2-5-11-7-8-6-10-4-3-9-8/h8-9H,2-7H2,1H3. The maximum atomic E-state index is 5.34. The first-order chi connectivity index (χ1) is 5.43. The molecule has 1 saturated heterocycles. The van der Waals surface area contributed by atoms with Crippen molar-refractivity contribution in [2.45, 2.75) is 19.4 Å². The van der Waals surface area contributed by atoms with Gasteiger partial charge in [0.05, 0.1) is 13.2 Å². The lowest BCUT2D eigenvalue weighted by atomic mass is 10.3. The van der Waals surface area contributed by atoms with Gasteiger partial charge in [0.25, 0.3) is 0 Å². The fourth-order valence-electron chi connectivity index (χ4n) is 1.10. The SMILES string of the molecule is CCCSCC1COCCN1. The maximum Gasteiger partial charge on any atom is 0.0628 e. The summed E-state index contributed by atoms with van der Waals surface area (Å²) in [6.07, 6.45) is 1.28. The van der Waals surface area contributed by atoms with E-state index in [0.29, 0.717) is 6.04 Å². The Bertz CT molecular complexity index is 94.1. The van der Waals surface area contributed by atoms with Crippen molar-refractivity contribution in [3.63, 3.8) is 0 Å². The van der Waals surface area contributed by atoms with Gasteiger partial charge in [0.1, 0.15) is 0 Å². The van der Waals surface area contributed by atoms with Crippen molar-refractivity contribution < 1.29 is 4.74 Å². The number of rotatable bonds is 4. The fraction of sp³-hybridized carbons (Fsp3) is 1.00. The van der Waals surface area contributed by atoms with Crippen molar-refractivity contribution in [2.75, 3.05) is 31.3 Å². The summed E-state index contributed by atoms with van der Waals surface area (Å²) in [6, 6.07) is 0.597. The number of nitrogens with one attached hydrogen (secondary N) is 1. The smallest absolute Gasteiger partial charge is 0.0628 e. The van der Waals surface area contributed by atoms with Crippen LogP contribution in [0.4, 0.5) is 0 Å². The zero-order chi connectivity index (χ0) is 7.94. The van der Waals surface area contributed by atoms with Gasteiger partial charge in [0.2, 0.25) is 0 Å². The summed E-state index contributed by atoms with van der Waals surface area (Å²) in [6.45, 7) is 5.03. The lowest BCUT2D eigenvalue weighted by Gasteiger charge is -2.23. The van der Waals surface area contributed by atoms with Gasteiger partial charge in [-0.3, -0.25) is 0 Å². The molecule has 0 aliphatic carbocycles. The molecule has 1 N–H and O–H groups in total. The Hall–Kier alpha value is 0.270. The van der Waals surface area contributed by atoms with Gasteiger partial charge in [-0.15, -0.1) is 0 Å². The lowest BCUT2D eigenvalue weighted by molar-refractivity contribution is 0.0837. The van der Waals surface area contributed by atoms with Gasteiger partial charge in [-0.05, 0) is 12.2 Å². The summed E-state index contributed by atoms with van der Waals surface area (Å²) < 4.78 is 5.34. The van der Waals surface area contributed by atoms with Crippen LogP contribution in [0.3, 0.4) is 0 Å². The second-order valence-corrected chi connectivity index (χ2v) is 3.95. The first-order valence-corrected chi connectivity index (χ1v) is 5.48. The Kier molecular flexibility index (Phi) is 4.99. The number of hydrogen-bond donors (Lipinski definition) is 1. The van der Waals surface area contributed by atoms with E-state index in [-0.39, 0.29) is 0 Å². The third-order valence-corrected chi connectivity index (χ3v) is 3.00. The van der Waals surface area contributed by atoms with Crippen LogP contribution in [-0.4, -0.2) is 37.3 Å². The molecule has 1 rings (SSSR count). The fourth-order valence-corrected chi connectivity index (χ4v) is 2.05. The summed E-state index contributed by atoms with van der Waals surface area (Å²) in [5.74, 6) is 2.48. The molecule has 1 unspecified atom stereocenters. The van der Waals surface area contributed by atoms with Crippen molar-refractivity contribution in [1.29, 1.82) is 0 Å². The highest BCUT2D eigenvalue weighted by Crippen LogP contribution is 2.06. The normalized spacial score (nSPS) is 25.4. The minimum Gasteiger partial charge on any atom is -0.378 e. The molecule has 2 nitrogen and oxygen atoms in total. The molecule has 0 saturated carbocycles. The molecule has 1 fully saturated rings. The van der Waals surface area contributed by atoms with Crippen LogP contribution >= 0.6 is 11.8 Å². The molecule has 0 amide bonds. The van der Waals surface area contributed by atoms with E-state index >= 15 is 0 Å². The number of hydrogen-bond acceptors (Lipinski definition) is 3. The minimum atomic E-state index is 0.597. The summed E-state index contributed by atoms with van der Waals surface area (Å²) in [5, 5.41) is 3.43. The largest absolute Gasteiger partial charge is 0.378 e. The molecule has 0 aromatic carbocycles. The predicted octanol–water partition coefficient (Wildman–Crippen LogP) is 1.12. The molecule has 0 aromatic heterocycles. The van der Waals surface area contributed by atoms with Gasteiger partial charge < -0.3 is 10.1 Å². The van der Waals surface area contributed by atoms with Crippen molar-refractivity contribution in [1.82, 2.24) is 5.32 Å². The van der Waals surface area contributed by atoms with Crippen molar-refractivity contribution >= 4 is 11.8 Å². The van der Waals surface area contributed by atoms with Crippen LogP contribution in [0.25, 0.3) is 0 Å². The molecule has 1 atom stereocenters. The van der Waals surface area contributed by atoms with Gasteiger partial charge in [0.15, 0.2) is 0 Å². The van der Waals surface area contributed by atoms with Crippen LogP contribution in [0, 0.1) is 0 Å². The Morgan fingerprint density at radius 1 is 1.64 bits per heavy atom. The second kappa shape index (κ2) is 5.86. The van der Waals surface area contributed by atoms with Crippen molar-refractivity contribution in [2.24, 2.45) is 0 Å². The van der Waals surface area contributed by atoms with Crippen molar-refractivity contribution in [3.8, 4) is 0 Å². The van der Waals surface area contributed by atoms with Gasteiger partial charge in [0, 0.05) is 18.3 Å². The van der Waals surface area contributed by atoms with Gasteiger partial charge in [-0.25, -0.2) is 0 Å². The van der Waals surface area contributed by atoms with Crippen LogP contribution < -0.4 is 5.32 Å². The molecule has 11 heavy (non-hydrogen) atoms. The highest BCUT2D eigenvalue weighted by molar-refractivity contribution is 7.99. The first kappa shape index (κ1) is 9.36. The van der Waals surface area contributed by atoms with Crippen molar-refractivity contribution in [3.05, 3.63) is 0 Å². The Morgan fingerprint density at radius 3 is 3.18 bits per heavy atom. The summed E-state index contributed by atoms with van der Waals surface area (Å²) in [4.78, 5) is 0. The monoisotopic (exact) mass is 175 g/mol. The van der Waals surface area contributed by atoms with E-state index in [1.165, 1.54) is 17.9 Å². The topological polar surface area (TPSA) is 21.3 Å². The molecular weight excluding hydrogens is 158 g/mol. The van der Waals surface area contributed by atoms with Gasteiger partial charge in [-0.1, -0.05) is 6.92 Å². The Morgan fingerprint density at radius 2 is 2.55 bits per heavy atom. The van der Waals surface area contributed by atoms with Crippen LogP contribution in [0.15, 0.2) is 0 Å².